The Bertz CT molecular complexity index is 559. The predicted octanol–water partition coefficient (Wildman–Crippen LogP) is 3.64. The summed E-state index contributed by atoms with van der Waals surface area (Å²) in [5.74, 6) is 1.33. The fourth-order valence-corrected chi connectivity index (χ4v) is 3.70. The number of aryl methyl sites for hydroxylation is 1. The maximum atomic E-state index is 4.36. The van der Waals surface area contributed by atoms with Crippen LogP contribution in [0.1, 0.15) is 36.6 Å². The van der Waals surface area contributed by atoms with Crippen LogP contribution in [0.3, 0.4) is 0 Å². The molecule has 0 radical (unpaired) electrons. The van der Waals surface area contributed by atoms with E-state index in [0.717, 1.165) is 11.0 Å². The van der Waals surface area contributed by atoms with Gasteiger partial charge < -0.3 is 5.32 Å². The largest absolute Gasteiger partial charge is 0.309 e. The quantitative estimate of drug-likeness (QED) is 0.905. The molecule has 1 aromatic heterocycles. The van der Waals surface area contributed by atoms with Crippen LogP contribution in [0.2, 0.25) is 0 Å². The summed E-state index contributed by atoms with van der Waals surface area (Å²) in [5.41, 5.74) is 2.72. The average molecular weight is 334 g/mol. The van der Waals surface area contributed by atoms with Crippen molar-refractivity contribution >= 4 is 15.9 Å². The monoisotopic (exact) mass is 333 g/mol. The zero-order valence-corrected chi connectivity index (χ0v) is 13.5. The van der Waals surface area contributed by atoms with Crippen LogP contribution >= 0.6 is 15.9 Å². The number of hydrogen-bond donors (Lipinski definition) is 1. The van der Waals surface area contributed by atoms with Crippen LogP contribution in [-0.2, 0) is 7.05 Å². The molecule has 0 saturated heterocycles. The molecule has 1 aliphatic rings. The molecule has 0 amide bonds. The molecule has 1 saturated carbocycles. The Balaban J connectivity index is 1.84. The van der Waals surface area contributed by atoms with E-state index >= 15 is 0 Å². The molecule has 0 bridgehead atoms. The van der Waals surface area contributed by atoms with Crippen LogP contribution in [0.25, 0.3) is 0 Å². The van der Waals surface area contributed by atoms with Crippen molar-refractivity contribution in [3.63, 3.8) is 0 Å². The number of hydrogen-bond acceptors (Lipinski definition) is 2. The van der Waals surface area contributed by atoms with Crippen LogP contribution in [0, 0.1) is 5.92 Å². The lowest BCUT2D eigenvalue weighted by Gasteiger charge is -2.19. The van der Waals surface area contributed by atoms with Gasteiger partial charge in [0.1, 0.15) is 0 Å². The summed E-state index contributed by atoms with van der Waals surface area (Å²) in [6, 6.07) is 11.2. The third-order valence-electron chi connectivity index (χ3n) is 4.15. The Hall–Kier alpha value is -1.13. The van der Waals surface area contributed by atoms with Gasteiger partial charge in [-0.15, -0.1) is 0 Å². The minimum Gasteiger partial charge on any atom is -0.309 e. The normalized spacial score (nSPS) is 22.8. The summed E-state index contributed by atoms with van der Waals surface area (Å²) in [7, 11) is 2.02. The van der Waals surface area contributed by atoms with E-state index < -0.39 is 0 Å². The summed E-state index contributed by atoms with van der Waals surface area (Å²) in [6.07, 6.45) is 3.14. The minimum absolute atomic E-state index is 0.368. The minimum atomic E-state index is 0.368. The molecule has 20 heavy (non-hydrogen) atoms. The second-order valence-electron chi connectivity index (χ2n) is 5.45. The second kappa shape index (κ2) is 5.70. The third kappa shape index (κ3) is 2.54. The summed E-state index contributed by atoms with van der Waals surface area (Å²) in [6.45, 7) is 3.14. The highest BCUT2D eigenvalue weighted by molar-refractivity contribution is 9.10. The van der Waals surface area contributed by atoms with Gasteiger partial charge in [-0.2, -0.15) is 5.10 Å². The number of rotatable bonds is 5. The topological polar surface area (TPSA) is 29.9 Å². The van der Waals surface area contributed by atoms with E-state index in [-0.39, 0.29) is 0 Å². The van der Waals surface area contributed by atoms with Crippen molar-refractivity contribution < 1.29 is 0 Å². The molecule has 1 N–H and O–H groups in total. The van der Waals surface area contributed by atoms with Gasteiger partial charge in [0.15, 0.2) is 0 Å². The van der Waals surface area contributed by atoms with Crippen LogP contribution in [0.15, 0.2) is 41.0 Å². The van der Waals surface area contributed by atoms with Gasteiger partial charge in [0.25, 0.3) is 0 Å². The molecule has 0 spiro atoms. The lowest BCUT2D eigenvalue weighted by molar-refractivity contribution is 0.453. The molecular formula is C16H20BrN3. The van der Waals surface area contributed by atoms with Crippen LogP contribution in [0.4, 0.5) is 0 Å². The number of nitrogens with one attached hydrogen (secondary N) is 1. The van der Waals surface area contributed by atoms with Gasteiger partial charge in [0.2, 0.25) is 0 Å². The smallest absolute Gasteiger partial charge is 0.0695 e. The Labute approximate surface area is 128 Å². The zero-order valence-electron chi connectivity index (χ0n) is 11.9. The van der Waals surface area contributed by atoms with E-state index in [0.29, 0.717) is 17.9 Å². The molecule has 4 heteroatoms. The lowest BCUT2D eigenvalue weighted by atomic mass is 10.0. The number of aromatic nitrogens is 2. The molecule has 106 valence electrons. The molecule has 1 heterocycles. The first-order valence-electron chi connectivity index (χ1n) is 7.18. The second-order valence-corrected chi connectivity index (χ2v) is 6.31. The fourth-order valence-electron chi connectivity index (χ4n) is 3.11. The summed E-state index contributed by atoms with van der Waals surface area (Å²) in [5, 5.41) is 7.99. The first kappa shape index (κ1) is 13.8. The van der Waals surface area contributed by atoms with Crippen LogP contribution < -0.4 is 5.32 Å². The molecule has 2 aromatic rings. The van der Waals surface area contributed by atoms with Crippen molar-refractivity contribution in [1.82, 2.24) is 15.1 Å². The van der Waals surface area contributed by atoms with Crippen LogP contribution in [0.5, 0.6) is 0 Å². The van der Waals surface area contributed by atoms with Gasteiger partial charge in [-0.25, -0.2) is 0 Å². The summed E-state index contributed by atoms with van der Waals surface area (Å²) < 4.78 is 3.09. The molecule has 1 fully saturated rings. The first-order chi connectivity index (χ1) is 9.72. The van der Waals surface area contributed by atoms with Crippen LogP contribution in [-0.4, -0.2) is 16.3 Å². The van der Waals surface area contributed by atoms with Gasteiger partial charge in [-0.1, -0.05) is 37.3 Å². The number of benzene rings is 1. The highest BCUT2D eigenvalue weighted by Gasteiger charge is 2.45. The summed E-state index contributed by atoms with van der Waals surface area (Å²) in [4.78, 5) is 0. The maximum Gasteiger partial charge on any atom is 0.0695 e. The highest BCUT2D eigenvalue weighted by atomic mass is 79.9. The van der Waals surface area contributed by atoms with Crippen molar-refractivity contribution in [3.8, 4) is 0 Å². The van der Waals surface area contributed by atoms with E-state index in [1.54, 1.807) is 0 Å². The van der Waals surface area contributed by atoms with Crippen molar-refractivity contribution in [2.75, 3.05) is 6.54 Å². The molecule has 3 rings (SSSR count). The van der Waals surface area contributed by atoms with Gasteiger partial charge in [-0.3, -0.25) is 4.68 Å². The standard InChI is InChI=1S/C16H20BrN3/c1-3-18-15(16-14(17)10-19-20(16)2)13-9-12(13)11-7-5-4-6-8-11/h4-8,10,12-13,15,18H,3,9H2,1-2H3. The Kier molecular flexibility index (Phi) is 3.94. The van der Waals surface area contributed by atoms with Gasteiger partial charge >= 0.3 is 0 Å². The van der Waals surface area contributed by atoms with Crippen molar-refractivity contribution in [2.24, 2.45) is 13.0 Å². The Morgan fingerprint density at radius 1 is 1.40 bits per heavy atom. The van der Waals surface area contributed by atoms with Crippen molar-refractivity contribution in [3.05, 3.63) is 52.3 Å². The van der Waals surface area contributed by atoms with E-state index in [2.05, 4.69) is 63.6 Å². The maximum absolute atomic E-state index is 4.36. The molecule has 0 aliphatic heterocycles. The van der Waals surface area contributed by atoms with E-state index in [4.69, 9.17) is 0 Å². The predicted molar refractivity (Wildman–Crippen MR) is 84.6 cm³/mol. The van der Waals surface area contributed by atoms with Gasteiger partial charge in [-0.05, 0) is 46.3 Å². The molecule has 3 nitrogen and oxygen atoms in total. The lowest BCUT2D eigenvalue weighted by Crippen LogP contribution is -2.25. The Morgan fingerprint density at radius 3 is 2.75 bits per heavy atom. The van der Waals surface area contributed by atoms with Crippen molar-refractivity contribution in [1.29, 1.82) is 0 Å². The van der Waals surface area contributed by atoms with Gasteiger partial charge in [0, 0.05) is 7.05 Å². The molecule has 1 aromatic carbocycles. The fraction of sp³-hybridized carbons (Fsp3) is 0.438. The van der Waals surface area contributed by atoms with E-state index in [1.807, 2.05) is 17.9 Å². The molecule has 3 unspecified atom stereocenters. The Morgan fingerprint density at radius 2 is 2.15 bits per heavy atom. The number of halogens is 1. The van der Waals surface area contributed by atoms with E-state index in [1.165, 1.54) is 17.7 Å². The molecule has 1 aliphatic carbocycles. The third-order valence-corrected chi connectivity index (χ3v) is 4.76. The SMILES string of the molecule is CCNC(c1c(Br)cnn1C)C1CC1c1ccccc1. The molecule has 3 atom stereocenters. The highest BCUT2D eigenvalue weighted by Crippen LogP contribution is 2.54. The average Bonchev–Trinajstić information content (AvgIpc) is 3.19. The van der Waals surface area contributed by atoms with Crippen molar-refractivity contribution in [2.45, 2.75) is 25.3 Å². The number of nitrogens with zero attached hydrogens (tertiary/aromatic N) is 2. The first-order valence-corrected chi connectivity index (χ1v) is 7.97. The van der Waals surface area contributed by atoms with E-state index in [9.17, 15) is 0 Å². The molecular weight excluding hydrogens is 314 g/mol. The zero-order chi connectivity index (χ0) is 14.1. The summed E-state index contributed by atoms with van der Waals surface area (Å²) >= 11 is 3.64. The van der Waals surface area contributed by atoms with Gasteiger partial charge in [0.05, 0.1) is 22.4 Å².